The molecule has 2 amide bonds. The molecule has 2 aromatic heterocycles. The van der Waals surface area contributed by atoms with Crippen molar-refractivity contribution in [2.45, 2.75) is 5.03 Å². The first-order valence-electron chi connectivity index (χ1n) is 8.18. The summed E-state index contributed by atoms with van der Waals surface area (Å²) in [5.41, 5.74) is 0.622. The lowest BCUT2D eigenvalue weighted by atomic mass is 10.3. The Kier molecular flexibility index (Phi) is 5.11. The number of benzene rings is 1. The number of furan rings is 1. The number of anilines is 2. The van der Waals surface area contributed by atoms with Crippen LogP contribution in [0.15, 0.2) is 58.2 Å². The van der Waals surface area contributed by atoms with Gasteiger partial charge >= 0.3 is 0 Å². The molecular formula is C18H14N4O5S. The van der Waals surface area contributed by atoms with Crippen LogP contribution < -0.4 is 20.1 Å². The normalized spacial score (nSPS) is 11.9. The van der Waals surface area contributed by atoms with Crippen LogP contribution in [0.2, 0.25) is 0 Å². The van der Waals surface area contributed by atoms with Crippen molar-refractivity contribution in [3.8, 4) is 11.5 Å². The van der Waals surface area contributed by atoms with Gasteiger partial charge in [0.15, 0.2) is 23.1 Å². The molecule has 0 bridgehead atoms. The van der Waals surface area contributed by atoms with E-state index in [1.807, 2.05) is 0 Å². The molecule has 1 aliphatic heterocycles. The zero-order valence-electron chi connectivity index (χ0n) is 14.4. The van der Waals surface area contributed by atoms with Crippen LogP contribution in [0.1, 0.15) is 10.6 Å². The van der Waals surface area contributed by atoms with Crippen LogP contribution in [0, 0.1) is 0 Å². The van der Waals surface area contributed by atoms with Crippen LogP contribution in [0.5, 0.6) is 11.5 Å². The van der Waals surface area contributed by atoms with E-state index in [0.717, 1.165) is 0 Å². The molecule has 2 N–H and O–H groups in total. The number of rotatable bonds is 6. The van der Waals surface area contributed by atoms with E-state index in [2.05, 4.69) is 20.8 Å². The largest absolute Gasteiger partial charge is 0.459 e. The minimum absolute atomic E-state index is 0.154. The van der Waals surface area contributed by atoms with Crippen LogP contribution in [0.25, 0.3) is 0 Å². The second-order valence-electron chi connectivity index (χ2n) is 5.59. The van der Waals surface area contributed by atoms with Gasteiger partial charge in [0.2, 0.25) is 12.7 Å². The van der Waals surface area contributed by atoms with Gasteiger partial charge in [0.1, 0.15) is 5.03 Å². The van der Waals surface area contributed by atoms with E-state index >= 15 is 0 Å². The smallest absolute Gasteiger partial charge is 0.292 e. The lowest BCUT2D eigenvalue weighted by Gasteiger charge is -2.06. The molecule has 0 unspecified atom stereocenters. The van der Waals surface area contributed by atoms with Gasteiger partial charge in [-0.2, -0.15) is 0 Å². The maximum Gasteiger partial charge on any atom is 0.292 e. The average molecular weight is 398 g/mol. The summed E-state index contributed by atoms with van der Waals surface area (Å²) in [6.07, 6.45) is 1.41. The highest BCUT2D eigenvalue weighted by atomic mass is 32.2. The molecule has 0 saturated heterocycles. The van der Waals surface area contributed by atoms with E-state index in [0.29, 0.717) is 22.2 Å². The number of hydrogen-bond donors (Lipinski definition) is 2. The third kappa shape index (κ3) is 4.23. The van der Waals surface area contributed by atoms with Gasteiger partial charge in [0.05, 0.1) is 12.0 Å². The van der Waals surface area contributed by atoms with Crippen molar-refractivity contribution in [2.75, 3.05) is 23.2 Å². The Balaban J connectivity index is 1.27. The second-order valence-corrected chi connectivity index (χ2v) is 6.59. The topological polar surface area (TPSA) is 116 Å². The number of hydrogen-bond acceptors (Lipinski definition) is 8. The predicted octanol–water partition coefficient (Wildman–Crippen LogP) is 2.78. The Morgan fingerprint density at radius 3 is 2.71 bits per heavy atom. The number of nitrogens with one attached hydrogen (secondary N) is 2. The highest BCUT2D eigenvalue weighted by Crippen LogP contribution is 2.34. The van der Waals surface area contributed by atoms with Crippen LogP contribution in [-0.4, -0.2) is 34.6 Å². The minimum Gasteiger partial charge on any atom is -0.459 e. The van der Waals surface area contributed by atoms with Crippen molar-refractivity contribution in [3.63, 3.8) is 0 Å². The summed E-state index contributed by atoms with van der Waals surface area (Å²) in [5.74, 6) is 1.27. The van der Waals surface area contributed by atoms with E-state index in [9.17, 15) is 9.59 Å². The highest BCUT2D eigenvalue weighted by Gasteiger charge is 2.14. The molecule has 1 aromatic carbocycles. The van der Waals surface area contributed by atoms with E-state index < -0.39 is 5.91 Å². The van der Waals surface area contributed by atoms with Crippen molar-refractivity contribution < 1.29 is 23.5 Å². The van der Waals surface area contributed by atoms with Crippen LogP contribution in [0.3, 0.4) is 0 Å². The Morgan fingerprint density at radius 2 is 1.93 bits per heavy atom. The van der Waals surface area contributed by atoms with Crippen molar-refractivity contribution in [1.82, 2.24) is 10.2 Å². The molecular weight excluding hydrogens is 384 g/mol. The van der Waals surface area contributed by atoms with E-state index in [1.54, 1.807) is 42.5 Å². The molecule has 28 heavy (non-hydrogen) atoms. The van der Waals surface area contributed by atoms with Gasteiger partial charge in [-0.3, -0.25) is 9.59 Å². The number of ether oxygens (including phenoxy) is 2. The Hall–Kier alpha value is -3.53. The van der Waals surface area contributed by atoms with Crippen molar-refractivity contribution in [2.24, 2.45) is 0 Å². The lowest BCUT2D eigenvalue weighted by molar-refractivity contribution is -0.113. The summed E-state index contributed by atoms with van der Waals surface area (Å²) in [7, 11) is 0. The first kappa shape index (κ1) is 17.9. The van der Waals surface area contributed by atoms with Gasteiger partial charge in [-0.25, -0.2) is 0 Å². The standard InChI is InChI=1S/C18H14N4O5S/c23-16(19-11-3-4-12-14(8-11)27-10-26-12)9-28-17-6-5-15(21-22-17)20-18(24)13-2-1-7-25-13/h1-8H,9-10H2,(H,19,23)(H,20,21,24). The maximum atomic E-state index is 12.1. The molecule has 4 rings (SSSR count). The van der Waals surface area contributed by atoms with Crippen molar-refractivity contribution in [3.05, 3.63) is 54.5 Å². The predicted molar refractivity (Wildman–Crippen MR) is 101 cm³/mol. The third-order valence-electron chi connectivity index (χ3n) is 3.63. The SMILES string of the molecule is O=C(CSc1ccc(NC(=O)c2ccco2)nn1)Nc1ccc2c(c1)OCO2. The number of amides is 2. The molecule has 3 heterocycles. The molecule has 0 atom stereocenters. The van der Waals surface area contributed by atoms with Crippen LogP contribution in [-0.2, 0) is 4.79 Å². The minimum atomic E-state index is -0.414. The summed E-state index contributed by atoms with van der Waals surface area (Å²) in [5, 5.41) is 13.8. The number of fused-ring (bicyclic) bond motifs is 1. The van der Waals surface area contributed by atoms with Gasteiger partial charge in [0, 0.05) is 11.8 Å². The van der Waals surface area contributed by atoms with E-state index in [-0.39, 0.29) is 30.0 Å². The highest BCUT2D eigenvalue weighted by molar-refractivity contribution is 7.99. The molecule has 3 aromatic rings. The molecule has 0 saturated carbocycles. The van der Waals surface area contributed by atoms with Gasteiger partial charge in [-0.05, 0) is 36.4 Å². The Morgan fingerprint density at radius 1 is 1.04 bits per heavy atom. The Labute approximate surface area is 163 Å². The third-order valence-corrected chi connectivity index (χ3v) is 4.55. The van der Waals surface area contributed by atoms with Gasteiger partial charge in [-0.1, -0.05) is 11.8 Å². The maximum absolute atomic E-state index is 12.1. The van der Waals surface area contributed by atoms with E-state index in [4.69, 9.17) is 13.9 Å². The van der Waals surface area contributed by atoms with Crippen LogP contribution in [0.4, 0.5) is 11.5 Å². The summed E-state index contributed by atoms with van der Waals surface area (Å²) in [6, 6.07) is 11.6. The van der Waals surface area contributed by atoms with Crippen molar-refractivity contribution >= 4 is 35.1 Å². The average Bonchev–Trinajstić information content (AvgIpc) is 3.39. The quantitative estimate of drug-likeness (QED) is 0.609. The van der Waals surface area contributed by atoms with E-state index in [1.165, 1.54) is 18.0 Å². The lowest BCUT2D eigenvalue weighted by Crippen LogP contribution is -2.14. The van der Waals surface area contributed by atoms with Crippen LogP contribution >= 0.6 is 11.8 Å². The molecule has 142 valence electrons. The molecule has 10 heteroatoms. The molecule has 0 radical (unpaired) electrons. The molecule has 0 fully saturated rings. The summed E-state index contributed by atoms with van der Waals surface area (Å²) in [6.45, 7) is 0.180. The number of aromatic nitrogens is 2. The van der Waals surface area contributed by atoms with Gasteiger partial charge in [-0.15, -0.1) is 10.2 Å². The summed E-state index contributed by atoms with van der Waals surface area (Å²) < 4.78 is 15.5. The van der Waals surface area contributed by atoms with Gasteiger partial charge in [0.25, 0.3) is 5.91 Å². The number of carbonyl (C=O) groups excluding carboxylic acids is 2. The molecule has 0 spiro atoms. The summed E-state index contributed by atoms with van der Waals surface area (Å²) in [4.78, 5) is 24.0. The number of carbonyl (C=O) groups is 2. The number of thioether (sulfide) groups is 1. The fourth-order valence-corrected chi connectivity index (χ4v) is 2.97. The monoisotopic (exact) mass is 398 g/mol. The second kappa shape index (κ2) is 8.01. The fraction of sp³-hybridized carbons (Fsp3) is 0.111. The first-order valence-corrected chi connectivity index (χ1v) is 9.17. The first-order chi connectivity index (χ1) is 13.7. The fourth-order valence-electron chi connectivity index (χ4n) is 2.36. The van der Waals surface area contributed by atoms with Crippen molar-refractivity contribution in [1.29, 1.82) is 0 Å². The van der Waals surface area contributed by atoms with Gasteiger partial charge < -0.3 is 24.5 Å². The zero-order valence-corrected chi connectivity index (χ0v) is 15.2. The molecule has 1 aliphatic rings. The Bertz CT molecular complexity index is 992. The zero-order chi connectivity index (χ0) is 19.3. The number of nitrogens with zero attached hydrogens (tertiary/aromatic N) is 2. The summed E-state index contributed by atoms with van der Waals surface area (Å²) >= 11 is 1.23. The molecule has 9 nitrogen and oxygen atoms in total. The molecule has 0 aliphatic carbocycles.